The molecular weight excluding hydrogens is 321 g/mol. The van der Waals surface area contributed by atoms with Gasteiger partial charge in [0.1, 0.15) is 5.76 Å². The number of amides is 1. The maximum atomic E-state index is 12.5. The monoisotopic (exact) mass is 339 g/mol. The molecule has 1 fully saturated rings. The third kappa shape index (κ3) is 2.40. The molecule has 0 aromatic heterocycles. The van der Waals surface area contributed by atoms with Crippen molar-refractivity contribution in [2.45, 2.75) is 45.1 Å². The van der Waals surface area contributed by atoms with E-state index in [-0.39, 0.29) is 11.7 Å². The lowest BCUT2D eigenvalue weighted by Gasteiger charge is -2.36. The van der Waals surface area contributed by atoms with Crippen LogP contribution >= 0.6 is 23.2 Å². The highest BCUT2D eigenvalue weighted by atomic mass is 35.5. The maximum absolute atomic E-state index is 12.5. The van der Waals surface area contributed by atoms with E-state index in [2.05, 4.69) is 12.2 Å². The molecule has 0 unspecified atom stereocenters. The molecule has 5 heteroatoms. The van der Waals surface area contributed by atoms with E-state index in [0.717, 1.165) is 31.2 Å². The molecule has 3 nitrogen and oxygen atoms in total. The highest BCUT2D eigenvalue weighted by Gasteiger charge is 2.47. The molecule has 2 N–H and O–H groups in total. The van der Waals surface area contributed by atoms with Crippen LogP contribution in [0, 0.1) is 12.8 Å². The minimum absolute atomic E-state index is 0.158. The number of aryl methyl sites for hydroxylation is 1. The molecule has 0 atom stereocenters. The predicted octanol–water partition coefficient (Wildman–Crippen LogP) is 4.65. The zero-order valence-electron chi connectivity index (χ0n) is 12.7. The zero-order chi connectivity index (χ0) is 16.1. The lowest BCUT2D eigenvalue weighted by molar-refractivity contribution is -0.116. The average molecular weight is 340 g/mol. The van der Waals surface area contributed by atoms with Gasteiger partial charge in [0.05, 0.1) is 21.2 Å². The summed E-state index contributed by atoms with van der Waals surface area (Å²) in [5.74, 6) is 0.561. The first-order chi connectivity index (χ1) is 10.3. The molecule has 1 saturated carbocycles. The van der Waals surface area contributed by atoms with Gasteiger partial charge in [-0.3, -0.25) is 4.79 Å². The average Bonchev–Trinajstić information content (AvgIpc) is 2.70. The second-order valence-corrected chi connectivity index (χ2v) is 7.34. The lowest BCUT2D eigenvalue weighted by atomic mass is 9.76. The molecule has 3 rings (SSSR count). The van der Waals surface area contributed by atoms with E-state index < -0.39 is 5.54 Å². The smallest absolute Gasteiger partial charge is 0.256 e. The first kappa shape index (κ1) is 15.7. The number of hydrogen-bond acceptors (Lipinski definition) is 2. The number of halogens is 2. The quantitative estimate of drug-likeness (QED) is 0.782. The largest absolute Gasteiger partial charge is 0.509 e. The van der Waals surface area contributed by atoms with Crippen LogP contribution in [0.25, 0.3) is 5.57 Å². The standard InChI is InChI=1S/C17H19Cl2NO2/c1-9-3-5-17(6-4-9)15(21)14(16(22)20-17)11-8-13(19)12(18)7-10(11)2/h7-9,21H,3-6H2,1-2H3,(H,20,22). The Labute approximate surface area is 140 Å². The Kier molecular flexibility index (Phi) is 3.90. The Bertz CT molecular complexity index is 673. The Morgan fingerprint density at radius 1 is 1.23 bits per heavy atom. The number of aliphatic hydroxyl groups excluding tert-OH is 1. The van der Waals surface area contributed by atoms with Crippen molar-refractivity contribution in [1.29, 1.82) is 0 Å². The molecule has 1 spiro atoms. The summed E-state index contributed by atoms with van der Waals surface area (Å²) in [6, 6.07) is 3.38. The molecule has 1 aromatic rings. The van der Waals surface area contributed by atoms with Crippen molar-refractivity contribution in [3.63, 3.8) is 0 Å². The van der Waals surface area contributed by atoms with Gasteiger partial charge in [-0.15, -0.1) is 0 Å². The maximum Gasteiger partial charge on any atom is 0.256 e. The SMILES string of the molecule is Cc1cc(Cl)c(Cl)cc1C1=C(O)C2(CCC(C)CC2)NC1=O. The second kappa shape index (κ2) is 5.47. The molecule has 2 aliphatic rings. The lowest BCUT2D eigenvalue weighted by Crippen LogP contribution is -2.47. The Morgan fingerprint density at radius 3 is 2.45 bits per heavy atom. The summed E-state index contributed by atoms with van der Waals surface area (Å²) in [7, 11) is 0. The molecule has 1 heterocycles. The third-order valence-corrected chi connectivity index (χ3v) is 5.66. The molecule has 1 aliphatic carbocycles. The van der Waals surface area contributed by atoms with Gasteiger partial charge in [-0.1, -0.05) is 30.1 Å². The fourth-order valence-electron chi connectivity index (χ4n) is 3.47. The van der Waals surface area contributed by atoms with Gasteiger partial charge in [0.2, 0.25) is 0 Å². The summed E-state index contributed by atoms with van der Waals surface area (Å²) in [5.41, 5.74) is 1.22. The van der Waals surface area contributed by atoms with Gasteiger partial charge in [0.15, 0.2) is 0 Å². The van der Waals surface area contributed by atoms with E-state index in [9.17, 15) is 9.90 Å². The molecule has 0 bridgehead atoms. The number of carbonyl (C=O) groups excluding carboxylic acids is 1. The van der Waals surface area contributed by atoms with Gasteiger partial charge in [0.25, 0.3) is 5.91 Å². The van der Waals surface area contributed by atoms with Crippen molar-refractivity contribution in [2.24, 2.45) is 5.92 Å². The highest BCUT2D eigenvalue weighted by Crippen LogP contribution is 2.43. The number of rotatable bonds is 1. The van der Waals surface area contributed by atoms with Gasteiger partial charge in [-0.05, 0) is 61.8 Å². The molecule has 1 aliphatic heterocycles. The van der Waals surface area contributed by atoms with Crippen molar-refractivity contribution in [3.05, 3.63) is 39.1 Å². The minimum Gasteiger partial charge on any atom is -0.509 e. The molecule has 118 valence electrons. The van der Waals surface area contributed by atoms with Crippen LogP contribution in [-0.4, -0.2) is 16.6 Å². The minimum atomic E-state index is -0.600. The summed E-state index contributed by atoms with van der Waals surface area (Å²) in [6.45, 7) is 4.06. The number of carbonyl (C=O) groups is 1. The summed E-state index contributed by atoms with van der Waals surface area (Å²) >= 11 is 12.1. The van der Waals surface area contributed by atoms with E-state index in [1.54, 1.807) is 12.1 Å². The van der Waals surface area contributed by atoms with Crippen LogP contribution in [0.5, 0.6) is 0 Å². The van der Waals surface area contributed by atoms with Gasteiger partial charge >= 0.3 is 0 Å². The summed E-state index contributed by atoms with van der Waals surface area (Å²) in [4.78, 5) is 12.5. The van der Waals surface area contributed by atoms with E-state index in [1.165, 1.54) is 0 Å². The predicted molar refractivity (Wildman–Crippen MR) is 89.3 cm³/mol. The summed E-state index contributed by atoms with van der Waals surface area (Å²) in [5, 5.41) is 14.6. The Balaban J connectivity index is 2.08. The molecule has 1 aromatic carbocycles. The Morgan fingerprint density at radius 2 is 1.82 bits per heavy atom. The van der Waals surface area contributed by atoms with Gasteiger partial charge in [0, 0.05) is 0 Å². The summed E-state index contributed by atoms with van der Waals surface area (Å²) in [6.07, 6.45) is 3.54. The van der Waals surface area contributed by atoms with E-state index in [1.807, 2.05) is 6.92 Å². The fraction of sp³-hybridized carbons (Fsp3) is 0.471. The van der Waals surface area contributed by atoms with Crippen LogP contribution < -0.4 is 5.32 Å². The highest BCUT2D eigenvalue weighted by molar-refractivity contribution is 6.42. The second-order valence-electron chi connectivity index (χ2n) is 6.52. The van der Waals surface area contributed by atoms with Crippen LogP contribution in [-0.2, 0) is 4.79 Å². The third-order valence-electron chi connectivity index (χ3n) is 4.93. The normalized spacial score (nSPS) is 28.4. The van der Waals surface area contributed by atoms with E-state index in [4.69, 9.17) is 23.2 Å². The van der Waals surface area contributed by atoms with Crippen molar-refractivity contribution in [1.82, 2.24) is 5.32 Å². The van der Waals surface area contributed by atoms with Crippen LogP contribution in [0.3, 0.4) is 0 Å². The topological polar surface area (TPSA) is 49.3 Å². The molecular formula is C17H19Cl2NO2. The molecule has 0 radical (unpaired) electrons. The van der Waals surface area contributed by atoms with Gasteiger partial charge in [-0.2, -0.15) is 0 Å². The van der Waals surface area contributed by atoms with Crippen LogP contribution in [0.2, 0.25) is 10.0 Å². The Hall–Kier alpha value is -1.19. The molecule has 1 amide bonds. The van der Waals surface area contributed by atoms with Gasteiger partial charge < -0.3 is 10.4 Å². The molecule has 0 saturated heterocycles. The van der Waals surface area contributed by atoms with Crippen LogP contribution in [0.1, 0.15) is 43.7 Å². The van der Waals surface area contributed by atoms with Crippen LogP contribution in [0.4, 0.5) is 0 Å². The number of benzene rings is 1. The van der Waals surface area contributed by atoms with Crippen LogP contribution in [0.15, 0.2) is 17.9 Å². The van der Waals surface area contributed by atoms with E-state index >= 15 is 0 Å². The van der Waals surface area contributed by atoms with E-state index in [0.29, 0.717) is 27.1 Å². The first-order valence-corrected chi connectivity index (χ1v) is 8.32. The fourth-order valence-corrected chi connectivity index (χ4v) is 3.85. The number of nitrogens with one attached hydrogen (secondary N) is 1. The zero-order valence-corrected chi connectivity index (χ0v) is 14.2. The van der Waals surface area contributed by atoms with Crippen molar-refractivity contribution >= 4 is 34.7 Å². The van der Waals surface area contributed by atoms with Crippen molar-refractivity contribution in [3.8, 4) is 0 Å². The van der Waals surface area contributed by atoms with Crippen molar-refractivity contribution in [2.75, 3.05) is 0 Å². The molecule has 22 heavy (non-hydrogen) atoms. The van der Waals surface area contributed by atoms with Gasteiger partial charge in [-0.25, -0.2) is 0 Å². The first-order valence-electron chi connectivity index (χ1n) is 7.56. The van der Waals surface area contributed by atoms with Crippen molar-refractivity contribution < 1.29 is 9.90 Å². The number of hydrogen-bond donors (Lipinski definition) is 2. The summed E-state index contributed by atoms with van der Waals surface area (Å²) < 4.78 is 0. The number of aliphatic hydroxyl groups is 1.